The molecule has 1 aliphatic carbocycles. The molecule has 1 aliphatic rings. The van der Waals surface area contributed by atoms with E-state index in [0.29, 0.717) is 30.3 Å². The van der Waals surface area contributed by atoms with Crippen molar-refractivity contribution < 1.29 is 9.84 Å². The van der Waals surface area contributed by atoms with Crippen LogP contribution < -0.4 is 0 Å². The van der Waals surface area contributed by atoms with Gasteiger partial charge in [0.25, 0.3) is 0 Å². The van der Waals surface area contributed by atoms with Crippen molar-refractivity contribution in [3.63, 3.8) is 0 Å². The van der Waals surface area contributed by atoms with Crippen molar-refractivity contribution in [1.29, 1.82) is 0 Å². The van der Waals surface area contributed by atoms with Gasteiger partial charge in [-0.25, -0.2) is 0 Å². The molecular formula is C12H17ClN2O2. The van der Waals surface area contributed by atoms with E-state index in [1.165, 1.54) is 0 Å². The Labute approximate surface area is 106 Å². The average molecular weight is 257 g/mol. The fourth-order valence-electron chi connectivity index (χ4n) is 2.19. The van der Waals surface area contributed by atoms with E-state index in [2.05, 4.69) is 5.10 Å². The second-order valence-electron chi connectivity index (χ2n) is 4.28. The molecule has 5 heteroatoms. The number of rotatable bonds is 4. The third kappa shape index (κ3) is 2.54. The highest BCUT2D eigenvalue weighted by atomic mass is 35.5. The van der Waals surface area contributed by atoms with Gasteiger partial charge >= 0.3 is 0 Å². The number of nitrogens with zero attached hydrogens (tertiary/aromatic N) is 2. The summed E-state index contributed by atoms with van der Waals surface area (Å²) in [5.41, 5.74) is -0.313. The van der Waals surface area contributed by atoms with Gasteiger partial charge in [-0.1, -0.05) is 23.8 Å². The number of ether oxygens (including phenoxy) is 1. The SMILES string of the molecule is COCCn1ncc(Cl)c1C1(O)C=CCCC1. The molecule has 0 saturated heterocycles. The maximum atomic E-state index is 10.6. The predicted molar refractivity (Wildman–Crippen MR) is 66.0 cm³/mol. The molecule has 1 aromatic heterocycles. The fraction of sp³-hybridized carbons (Fsp3) is 0.583. The van der Waals surface area contributed by atoms with E-state index in [1.807, 2.05) is 12.2 Å². The molecule has 0 fully saturated rings. The maximum absolute atomic E-state index is 10.6. The Morgan fingerprint density at radius 1 is 1.65 bits per heavy atom. The van der Waals surface area contributed by atoms with Gasteiger partial charge in [-0.2, -0.15) is 5.10 Å². The van der Waals surface area contributed by atoms with Gasteiger partial charge in [-0.05, 0) is 19.3 Å². The smallest absolute Gasteiger partial charge is 0.126 e. The molecule has 0 spiro atoms. The minimum Gasteiger partial charge on any atom is -0.383 e. The van der Waals surface area contributed by atoms with Gasteiger partial charge in [0.15, 0.2) is 0 Å². The van der Waals surface area contributed by atoms with Crippen LogP contribution in [0.25, 0.3) is 0 Å². The normalized spacial score (nSPS) is 24.2. The first kappa shape index (κ1) is 12.6. The lowest BCUT2D eigenvalue weighted by Gasteiger charge is -2.28. The summed E-state index contributed by atoms with van der Waals surface area (Å²) in [6, 6.07) is 0. The van der Waals surface area contributed by atoms with Crippen LogP contribution in [0.4, 0.5) is 0 Å². The van der Waals surface area contributed by atoms with Crippen LogP contribution in [0.15, 0.2) is 18.3 Å². The quantitative estimate of drug-likeness (QED) is 0.840. The largest absolute Gasteiger partial charge is 0.383 e. The summed E-state index contributed by atoms with van der Waals surface area (Å²) >= 11 is 6.13. The Morgan fingerprint density at radius 3 is 3.12 bits per heavy atom. The van der Waals surface area contributed by atoms with E-state index in [1.54, 1.807) is 18.0 Å². The highest BCUT2D eigenvalue weighted by molar-refractivity contribution is 6.31. The minimum atomic E-state index is -0.987. The minimum absolute atomic E-state index is 0.509. The maximum Gasteiger partial charge on any atom is 0.126 e. The highest BCUT2D eigenvalue weighted by Crippen LogP contribution is 2.36. The van der Waals surface area contributed by atoms with Crippen molar-refractivity contribution in [3.8, 4) is 0 Å². The first-order valence-corrected chi connectivity index (χ1v) is 6.16. The van der Waals surface area contributed by atoms with Crippen LogP contribution in [-0.2, 0) is 16.9 Å². The van der Waals surface area contributed by atoms with Crippen molar-refractivity contribution in [2.45, 2.75) is 31.4 Å². The monoisotopic (exact) mass is 256 g/mol. The van der Waals surface area contributed by atoms with Crippen LogP contribution in [0.2, 0.25) is 5.02 Å². The van der Waals surface area contributed by atoms with Crippen LogP contribution >= 0.6 is 11.6 Å². The van der Waals surface area contributed by atoms with Crippen LogP contribution in [-0.4, -0.2) is 28.6 Å². The molecule has 1 atom stereocenters. The number of hydrogen-bond donors (Lipinski definition) is 1. The molecule has 0 aliphatic heterocycles. The van der Waals surface area contributed by atoms with Gasteiger partial charge in [-0.3, -0.25) is 4.68 Å². The van der Waals surface area contributed by atoms with E-state index in [9.17, 15) is 5.11 Å². The topological polar surface area (TPSA) is 47.3 Å². The van der Waals surface area contributed by atoms with Crippen LogP contribution in [0.1, 0.15) is 25.0 Å². The van der Waals surface area contributed by atoms with Gasteiger partial charge in [0.05, 0.1) is 30.1 Å². The number of aliphatic hydroxyl groups is 1. The van der Waals surface area contributed by atoms with E-state index in [0.717, 1.165) is 12.8 Å². The highest BCUT2D eigenvalue weighted by Gasteiger charge is 2.33. The Kier molecular flexibility index (Phi) is 3.86. The van der Waals surface area contributed by atoms with Gasteiger partial charge in [0.2, 0.25) is 0 Å². The molecule has 2 rings (SSSR count). The third-order valence-corrected chi connectivity index (χ3v) is 3.31. The lowest BCUT2D eigenvalue weighted by Crippen LogP contribution is -2.29. The molecular weight excluding hydrogens is 240 g/mol. The predicted octanol–water partition coefficient (Wildman–Crippen LogP) is 2.11. The fourth-order valence-corrected chi connectivity index (χ4v) is 2.49. The zero-order chi connectivity index (χ0) is 12.3. The van der Waals surface area contributed by atoms with E-state index in [-0.39, 0.29) is 0 Å². The second kappa shape index (κ2) is 5.21. The average Bonchev–Trinajstić information content (AvgIpc) is 2.69. The molecule has 94 valence electrons. The molecule has 1 N–H and O–H groups in total. The van der Waals surface area contributed by atoms with Crippen LogP contribution in [0, 0.1) is 0 Å². The van der Waals surface area contributed by atoms with Crippen molar-refractivity contribution in [2.24, 2.45) is 0 Å². The summed E-state index contributed by atoms with van der Waals surface area (Å²) in [6.45, 7) is 1.14. The number of methoxy groups -OCH3 is 1. The molecule has 0 saturated carbocycles. The van der Waals surface area contributed by atoms with Crippen molar-refractivity contribution in [3.05, 3.63) is 29.1 Å². The van der Waals surface area contributed by atoms with E-state index < -0.39 is 5.60 Å². The standard InChI is InChI=1S/C12H17ClN2O2/c1-17-8-7-15-11(10(13)9-14-15)12(16)5-3-2-4-6-12/h3,5,9,16H,2,4,6-8H2,1H3. The van der Waals surface area contributed by atoms with E-state index >= 15 is 0 Å². The molecule has 4 nitrogen and oxygen atoms in total. The molecule has 1 aromatic rings. The zero-order valence-corrected chi connectivity index (χ0v) is 10.7. The Morgan fingerprint density at radius 2 is 2.47 bits per heavy atom. The molecule has 1 heterocycles. The van der Waals surface area contributed by atoms with Crippen molar-refractivity contribution >= 4 is 11.6 Å². The molecule has 0 amide bonds. The summed E-state index contributed by atoms with van der Waals surface area (Å²) < 4.78 is 6.75. The van der Waals surface area contributed by atoms with Gasteiger partial charge < -0.3 is 9.84 Å². The van der Waals surface area contributed by atoms with Gasteiger partial charge in [-0.15, -0.1) is 0 Å². The van der Waals surface area contributed by atoms with Crippen LogP contribution in [0.5, 0.6) is 0 Å². The molecule has 0 bridgehead atoms. The van der Waals surface area contributed by atoms with Crippen molar-refractivity contribution in [2.75, 3.05) is 13.7 Å². The first-order valence-electron chi connectivity index (χ1n) is 5.78. The van der Waals surface area contributed by atoms with Gasteiger partial charge in [0.1, 0.15) is 5.60 Å². The van der Waals surface area contributed by atoms with Gasteiger partial charge in [0, 0.05) is 7.11 Å². The number of hydrogen-bond acceptors (Lipinski definition) is 3. The first-order chi connectivity index (χ1) is 8.17. The summed E-state index contributed by atoms with van der Waals surface area (Å²) in [6.07, 6.45) is 8.04. The molecule has 0 aromatic carbocycles. The lowest BCUT2D eigenvalue weighted by atomic mass is 9.88. The van der Waals surface area contributed by atoms with Crippen LogP contribution in [0.3, 0.4) is 0 Å². The number of aromatic nitrogens is 2. The lowest BCUT2D eigenvalue weighted by molar-refractivity contribution is 0.0609. The summed E-state index contributed by atoms with van der Waals surface area (Å²) in [7, 11) is 1.64. The molecule has 17 heavy (non-hydrogen) atoms. The molecule has 0 radical (unpaired) electrons. The third-order valence-electron chi connectivity index (χ3n) is 3.03. The molecule has 1 unspecified atom stereocenters. The zero-order valence-electron chi connectivity index (χ0n) is 9.90. The van der Waals surface area contributed by atoms with Crippen molar-refractivity contribution in [1.82, 2.24) is 9.78 Å². The Balaban J connectivity index is 2.32. The Bertz CT molecular complexity index is 417. The second-order valence-corrected chi connectivity index (χ2v) is 4.68. The number of allylic oxidation sites excluding steroid dienone is 1. The summed E-state index contributed by atoms with van der Waals surface area (Å²) in [5, 5.41) is 15.3. The summed E-state index contributed by atoms with van der Waals surface area (Å²) in [5.74, 6) is 0. The van der Waals surface area contributed by atoms with E-state index in [4.69, 9.17) is 16.3 Å². The number of halogens is 1. The Hall–Kier alpha value is -0.840. The summed E-state index contributed by atoms with van der Waals surface area (Å²) in [4.78, 5) is 0.